The van der Waals surface area contributed by atoms with Crippen molar-refractivity contribution in [3.05, 3.63) is 0 Å². The summed E-state index contributed by atoms with van der Waals surface area (Å²) in [5, 5.41) is 11.6. The summed E-state index contributed by atoms with van der Waals surface area (Å²) in [4.78, 5) is 24.5. The van der Waals surface area contributed by atoms with Crippen LogP contribution in [-0.2, 0) is 14.3 Å². The third-order valence-corrected chi connectivity index (χ3v) is 3.64. The lowest BCUT2D eigenvalue weighted by atomic mass is 9.95. The molecule has 2 fully saturated rings. The first-order valence-electron chi connectivity index (χ1n) is 7.09. The zero-order valence-electron chi connectivity index (χ0n) is 11.5. The summed E-state index contributed by atoms with van der Waals surface area (Å²) in [5.41, 5.74) is 0. The lowest BCUT2D eigenvalue weighted by molar-refractivity contribution is -0.138. The molecule has 7 nitrogen and oxygen atoms in total. The van der Waals surface area contributed by atoms with Gasteiger partial charge in [-0.2, -0.15) is 0 Å². The van der Waals surface area contributed by atoms with Crippen molar-refractivity contribution in [2.45, 2.75) is 25.4 Å². The molecule has 2 saturated heterocycles. The van der Waals surface area contributed by atoms with Gasteiger partial charge in [0.1, 0.15) is 0 Å². The van der Waals surface area contributed by atoms with Gasteiger partial charge in [-0.25, -0.2) is 4.79 Å². The number of aliphatic carboxylic acids is 1. The molecular weight excluding hydrogens is 264 g/mol. The summed E-state index contributed by atoms with van der Waals surface area (Å²) in [6.07, 6.45) is 1.76. The fraction of sp³-hybridized carbons (Fsp3) is 0.846. The SMILES string of the molecule is O=C(O)CC1CCCN(C(=O)NCC2COCCO2)C1. The second kappa shape index (κ2) is 7.44. The molecule has 0 radical (unpaired) electrons. The minimum atomic E-state index is -0.801. The van der Waals surface area contributed by atoms with Gasteiger partial charge in [-0.15, -0.1) is 0 Å². The number of amides is 2. The number of hydrogen-bond acceptors (Lipinski definition) is 4. The zero-order valence-corrected chi connectivity index (χ0v) is 11.5. The maximum absolute atomic E-state index is 12.0. The van der Waals surface area contributed by atoms with Gasteiger partial charge in [0.25, 0.3) is 0 Å². The van der Waals surface area contributed by atoms with Gasteiger partial charge in [0.05, 0.1) is 25.9 Å². The molecular formula is C13H22N2O5. The highest BCUT2D eigenvalue weighted by molar-refractivity contribution is 5.74. The number of carbonyl (C=O) groups is 2. The summed E-state index contributed by atoms with van der Waals surface area (Å²) in [7, 11) is 0. The van der Waals surface area contributed by atoms with Crippen LogP contribution in [0.15, 0.2) is 0 Å². The average Bonchev–Trinajstić information content (AvgIpc) is 2.45. The van der Waals surface area contributed by atoms with E-state index in [4.69, 9.17) is 14.6 Å². The quantitative estimate of drug-likeness (QED) is 0.776. The molecule has 2 amide bonds. The first kappa shape index (κ1) is 15.1. The standard InChI is InChI=1S/C13H22N2O5/c16-12(17)6-10-2-1-3-15(8-10)13(18)14-7-11-9-19-4-5-20-11/h10-11H,1-9H2,(H,14,18)(H,16,17). The molecule has 114 valence electrons. The van der Waals surface area contributed by atoms with Gasteiger partial charge in [0.2, 0.25) is 0 Å². The van der Waals surface area contributed by atoms with E-state index in [0.717, 1.165) is 12.8 Å². The minimum absolute atomic E-state index is 0.0567. The molecule has 0 bridgehead atoms. The smallest absolute Gasteiger partial charge is 0.317 e. The summed E-state index contributed by atoms with van der Waals surface area (Å²) >= 11 is 0. The van der Waals surface area contributed by atoms with Crippen LogP contribution >= 0.6 is 0 Å². The predicted octanol–water partition coefficient (Wildman–Crippen LogP) is 0.298. The van der Waals surface area contributed by atoms with E-state index in [1.807, 2.05) is 0 Å². The Kier molecular flexibility index (Phi) is 5.60. The summed E-state index contributed by atoms with van der Waals surface area (Å²) in [6, 6.07) is -0.144. The van der Waals surface area contributed by atoms with Crippen LogP contribution in [0.2, 0.25) is 0 Å². The van der Waals surface area contributed by atoms with Gasteiger partial charge >= 0.3 is 12.0 Å². The Morgan fingerprint density at radius 1 is 1.35 bits per heavy atom. The van der Waals surface area contributed by atoms with E-state index in [9.17, 15) is 9.59 Å². The van der Waals surface area contributed by atoms with Crippen molar-refractivity contribution in [1.29, 1.82) is 0 Å². The molecule has 2 rings (SSSR count). The number of nitrogens with one attached hydrogen (secondary N) is 1. The molecule has 0 aromatic carbocycles. The number of likely N-dealkylation sites (tertiary alicyclic amines) is 1. The van der Waals surface area contributed by atoms with Crippen molar-refractivity contribution >= 4 is 12.0 Å². The third kappa shape index (κ3) is 4.64. The van der Waals surface area contributed by atoms with E-state index in [1.165, 1.54) is 0 Å². The van der Waals surface area contributed by atoms with Crippen LogP contribution in [0.25, 0.3) is 0 Å². The van der Waals surface area contributed by atoms with Crippen molar-refractivity contribution in [3.8, 4) is 0 Å². The fourth-order valence-corrected chi connectivity index (χ4v) is 2.63. The molecule has 2 aliphatic rings. The first-order valence-corrected chi connectivity index (χ1v) is 7.09. The van der Waals surface area contributed by atoms with E-state index < -0.39 is 5.97 Å². The Morgan fingerprint density at radius 3 is 2.90 bits per heavy atom. The van der Waals surface area contributed by atoms with Crippen LogP contribution in [0.3, 0.4) is 0 Å². The summed E-state index contributed by atoms with van der Waals surface area (Å²) in [5.74, 6) is -0.744. The molecule has 0 spiro atoms. The molecule has 7 heteroatoms. The zero-order chi connectivity index (χ0) is 14.4. The molecule has 2 heterocycles. The van der Waals surface area contributed by atoms with Gasteiger partial charge in [0.15, 0.2) is 0 Å². The molecule has 0 saturated carbocycles. The number of carboxylic acid groups (broad SMARTS) is 1. The van der Waals surface area contributed by atoms with Crippen molar-refractivity contribution in [2.24, 2.45) is 5.92 Å². The largest absolute Gasteiger partial charge is 0.481 e. The molecule has 0 aromatic rings. The Balaban J connectivity index is 1.72. The van der Waals surface area contributed by atoms with Gasteiger partial charge in [-0.1, -0.05) is 0 Å². The number of carboxylic acids is 1. The minimum Gasteiger partial charge on any atom is -0.481 e. The number of hydrogen-bond donors (Lipinski definition) is 2. The molecule has 2 atom stereocenters. The second-order valence-corrected chi connectivity index (χ2v) is 5.31. The van der Waals surface area contributed by atoms with Gasteiger partial charge in [-0.3, -0.25) is 4.79 Å². The monoisotopic (exact) mass is 286 g/mol. The first-order chi connectivity index (χ1) is 9.65. The van der Waals surface area contributed by atoms with Crippen molar-refractivity contribution in [2.75, 3.05) is 39.5 Å². The van der Waals surface area contributed by atoms with Crippen molar-refractivity contribution in [3.63, 3.8) is 0 Å². The molecule has 2 N–H and O–H groups in total. The molecule has 0 aromatic heterocycles. The van der Waals surface area contributed by atoms with Crippen LogP contribution in [0, 0.1) is 5.92 Å². The highest BCUT2D eigenvalue weighted by atomic mass is 16.6. The Morgan fingerprint density at radius 2 is 2.20 bits per heavy atom. The Hall–Kier alpha value is -1.34. The van der Waals surface area contributed by atoms with Gasteiger partial charge < -0.3 is 24.8 Å². The van der Waals surface area contributed by atoms with Crippen LogP contribution < -0.4 is 5.32 Å². The number of piperidine rings is 1. The van der Waals surface area contributed by atoms with E-state index in [0.29, 0.717) is 39.5 Å². The Labute approximate surface area is 118 Å². The van der Waals surface area contributed by atoms with Gasteiger partial charge in [-0.05, 0) is 18.8 Å². The normalized spacial score (nSPS) is 27.1. The lowest BCUT2D eigenvalue weighted by Gasteiger charge is -2.32. The molecule has 2 unspecified atom stereocenters. The van der Waals surface area contributed by atoms with E-state index in [-0.39, 0.29) is 24.5 Å². The lowest BCUT2D eigenvalue weighted by Crippen LogP contribution is -2.49. The fourth-order valence-electron chi connectivity index (χ4n) is 2.63. The summed E-state index contributed by atoms with van der Waals surface area (Å²) in [6.45, 7) is 3.29. The van der Waals surface area contributed by atoms with Crippen molar-refractivity contribution < 1.29 is 24.2 Å². The molecule has 20 heavy (non-hydrogen) atoms. The predicted molar refractivity (Wildman–Crippen MR) is 70.5 cm³/mol. The number of nitrogens with zero attached hydrogens (tertiary/aromatic N) is 1. The number of carbonyl (C=O) groups excluding carboxylic acids is 1. The second-order valence-electron chi connectivity index (χ2n) is 5.31. The summed E-state index contributed by atoms with van der Waals surface area (Å²) < 4.78 is 10.7. The van der Waals surface area contributed by atoms with Crippen LogP contribution in [-0.4, -0.2) is 67.6 Å². The maximum atomic E-state index is 12.0. The van der Waals surface area contributed by atoms with Crippen LogP contribution in [0.5, 0.6) is 0 Å². The highest BCUT2D eigenvalue weighted by Crippen LogP contribution is 2.19. The van der Waals surface area contributed by atoms with E-state index in [2.05, 4.69) is 5.32 Å². The maximum Gasteiger partial charge on any atom is 0.317 e. The van der Waals surface area contributed by atoms with Crippen LogP contribution in [0.4, 0.5) is 4.79 Å². The van der Waals surface area contributed by atoms with Crippen molar-refractivity contribution in [1.82, 2.24) is 10.2 Å². The van der Waals surface area contributed by atoms with E-state index in [1.54, 1.807) is 4.90 Å². The topological polar surface area (TPSA) is 88.1 Å². The van der Waals surface area contributed by atoms with Crippen LogP contribution in [0.1, 0.15) is 19.3 Å². The van der Waals surface area contributed by atoms with E-state index >= 15 is 0 Å². The molecule has 0 aliphatic carbocycles. The highest BCUT2D eigenvalue weighted by Gasteiger charge is 2.25. The number of rotatable bonds is 4. The number of urea groups is 1. The average molecular weight is 286 g/mol. The van der Waals surface area contributed by atoms with Gasteiger partial charge in [0, 0.05) is 26.1 Å². The number of ether oxygens (including phenoxy) is 2. The Bertz CT molecular complexity index is 344. The molecule has 2 aliphatic heterocycles. The third-order valence-electron chi connectivity index (χ3n) is 3.64.